The van der Waals surface area contributed by atoms with Crippen molar-refractivity contribution in [1.82, 2.24) is 0 Å². The molecular formula is C15H25NO. The van der Waals surface area contributed by atoms with E-state index in [4.69, 9.17) is 10.5 Å². The second kappa shape index (κ2) is 8.91. The zero-order chi connectivity index (χ0) is 12.3. The SMILES string of the molecule is CCCCCCCCCOc1cccc(N)c1. The van der Waals surface area contributed by atoms with Crippen LogP contribution >= 0.6 is 0 Å². The number of hydrogen-bond donors (Lipinski definition) is 1. The fourth-order valence-electron chi connectivity index (χ4n) is 1.85. The van der Waals surface area contributed by atoms with E-state index in [1.165, 1.54) is 38.5 Å². The van der Waals surface area contributed by atoms with Gasteiger partial charge in [0.1, 0.15) is 5.75 Å². The van der Waals surface area contributed by atoms with E-state index >= 15 is 0 Å². The van der Waals surface area contributed by atoms with Crippen molar-refractivity contribution in [2.24, 2.45) is 0 Å². The minimum Gasteiger partial charge on any atom is -0.494 e. The van der Waals surface area contributed by atoms with E-state index in [0.717, 1.165) is 24.5 Å². The Morgan fingerprint density at radius 2 is 1.71 bits per heavy atom. The highest BCUT2D eigenvalue weighted by molar-refractivity contribution is 5.43. The van der Waals surface area contributed by atoms with Gasteiger partial charge in [-0.2, -0.15) is 0 Å². The molecule has 0 aromatic heterocycles. The molecule has 1 aromatic carbocycles. The van der Waals surface area contributed by atoms with Crippen LogP contribution in [-0.4, -0.2) is 6.61 Å². The van der Waals surface area contributed by atoms with Gasteiger partial charge in [-0.25, -0.2) is 0 Å². The largest absolute Gasteiger partial charge is 0.494 e. The van der Waals surface area contributed by atoms with E-state index < -0.39 is 0 Å². The molecule has 2 nitrogen and oxygen atoms in total. The zero-order valence-electron chi connectivity index (χ0n) is 11.0. The molecule has 0 saturated carbocycles. The van der Waals surface area contributed by atoms with Crippen molar-refractivity contribution in [3.63, 3.8) is 0 Å². The van der Waals surface area contributed by atoms with Crippen molar-refractivity contribution in [2.45, 2.75) is 51.9 Å². The summed E-state index contributed by atoms with van der Waals surface area (Å²) in [6.45, 7) is 3.05. The van der Waals surface area contributed by atoms with Gasteiger partial charge in [0.2, 0.25) is 0 Å². The van der Waals surface area contributed by atoms with Gasteiger partial charge in [0.15, 0.2) is 0 Å². The molecule has 0 unspecified atom stereocenters. The Balaban J connectivity index is 1.97. The van der Waals surface area contributed by atoms with Crippen LogP contribution in [0.4, 0.5) is 5.69 Å². The van der Waals surface area contributed by atoms with E-state index in [-0.39, 0.29) is 0 Å². The van der Waals surface area contributed by atoms with Gasteiger partial charge in [0.25, 0.3) is 0 Å². The van der Waals surface area contributed by atoms with E-state index in [1.54, 1.807) is 0 Å². The molecule has 0 heterocycles. The maximum absolute atomic E-state index is 5.68. The number of benzene rings is 1. The molecule has 0 radical (unpaired) electrons. The van der Waals surface area contributed by atoms with Crippen LogP contribution in [0, 0.1) is 0 Å². The van der Waals surface area contributed by atoms with Crippen LogP contribution in [0.15, 0.2) is 24.3 Å². The summed E-state index contributed by atoms with van der Waals surface area (Å²) in [5.74, 6) is 0.885. The first-order chi connectivity index (χ1) is 8.33. The maximum Gasteiger partial charge on any atom is 0.121 e. The monoisotopic (exact) mass is 235 g/mol. The van der Waals surface area contributed by atoms with Crippen molar-refractivity contribution >= 4 is 5.69 Å². The molecule has 0 atom stereocenters. The van der Waals surface area contributed by atoms with Crippen LogP contribution in [0.3, 0.4) is 0 Å². The zero-order valence-corrected chi connectivity index (χ0v) is 11.0. The minimum absolute atomic E-state index is 0.766. The molecule has 1 rings (SSSR count). The standard InChI is InChI=1S/C15H25NO/c1-2-3-4-5-6-7-8-12-17-15-11-9-10-14(16)13-15/h9-11,13H,2-8,12,16H2,1H3. The van der Waals surface area contributed by atoms with E-state index in [0.29, 0.717) is 0 Å². The third-order valence-corrected chi connectivity index (χ3v) is 2.87. The summed E-state index contributed by atoms with van der Waals surface area (Å²) >= 11 is 0. The molecule has 1 aromatic rings. The lowest BCUT2D eigenvalue weighted by molar-refractivity contribution is 0.304. The summed E-state index contributed by atoms with van der Waals surface area (Å²) in [4.78, 5) is 0. The van der Waals surface area contributed by atoms with Gasteiger partial charge in [-0.15, -0.1) is 0 Å². The molecule has 0 aliphatic rings. The molecule has 0 spiro atoms. The van der Waals surface area contributed by atoms with E-state index in [9.17, 15) is 0 Å². The first kappa shape index (κ1) is 13.9. The Labute approximate surface area is 105 Å². The predicted octanol–water partition coefficient (Wildman–Crippen LogP) is 4.40. The highest BCUT2D eigenvalue weighted by atomic mass is 16.5. The molecule has 2 N–H and O–H groups in total. The third kappa shape index (κ3) is 6.88. The van der Waals surface area contributed by atoms with Crippen molar-refractivity contribution in [2.75, 3.05) is 12.3 Å². The normalized spacial score (nSPS) is 10.4. The molecule has 0 bridgehead atoms. The van der Waals surface area contributed by atoms with E-state index in [1.807, 2.05) is 24.3 Å². The smallest absolute Gasteiger partial charge is 0.121 e. The Bertz CT molecular complexity index is 299. The van der Waals surface area contributed by atoms with Gasteiger partial charge >= 0.3 is 0 Å². The van der Waals surface area contributed by atoms with Crippen molar-refractivity contribution in [3.8, 4) is 5.75 Å². The molecule has 17 heavy (non-hydrogen) atoms. The molecule has 2 heteroatoms. The topological polar surface area (TPSA) is 35.2 Å². The van der Waals surface area contributed by atoms with Gasteiger partial charge in [0, 0.05) is 11.8 Å². The molecule has 0 aliphatic heterocycles. The molecular weight excluding hydrogens is 210 g/mol. The minimum atomic E-state index is 0.766. The van der Waals surface area contributed by atoms with Crippen molar-refractivity contribution in [3.05, 3.63) is 24.3 Å². The predicted molar refractivity (Wildman–Crippen MR) is 74.3 cm³/mol. The van der Waals surface area contributed by atoms with Crippen LogP contribution in [0.5, 0.6) is 5.75 Å². The number of hydrogen-bond acceptors (Lipinski definition) is 2. The highest BCUT2D eigenvalue weighted by Gasteiger charge is 1.95. The van der Waals surface area contributed by atoms with Crippen LogP contribution in [0.1, 0.15) is 51.9 Å². The Hall–Kier alpha value is -1.18. The van der Waals surface area contributed by atoms with Crippen LogP contribution in [0.2, 0.25) is 0 Å². The number of unbranched alkanes of at least 4 members (excludes halogenated alkanes) is 6. The number of nitrogens with two attached hydrogens (primary N) is 1. The third-order valence-electron chi connectivity index (χ3n) is 2.87. The highest BCUT2D eigenvalue weighted by Crippen LogP contribution is 2.15. The van der Waals surface area contributed by atoms with Crippen LogP contribution in [0.25, 0.3) is 0 Å². The van der Waals surface area contributed by atoms with E-state index in [2.05, 4.69) is 6.92 Å². The Morgan fingerprint density at radius 1 is 1.00 bits per heavy atom. The average Bonchev–Trinajstić information content (AvgIpc) is 2.33. The maximum atomic E-state index is 5.68. The fraction of sp³-hybridized carbons (Fsp3) is 0.600. The lowest BCUT2D eigenvalue weighted by Gasteiger charge is -2.06. The summed E-state index contributed by atoms with van der Waals surface area (Å²) in [5.41, 5.74) is 6.44. The first-order valence-corrected chi connectivity index (χ1v) is 6.81. The second-order valence-electron chi connectivity index (χ2n) is 4.54. The summed E-state index contributed by atoms with van der Waals surface area (Å²) in [6, 6.07) is 7.63. The molecule has 0 fully saturated rings. The number of nitrogen functional groups attached to an aromatic ring is 1. The van der Waals surface area contributed by atoms with Crippen molar-refractivity contribution < 1.29 is 4.74 Å². The lowest BCUT2D eigenvalue weighted by atomic mass is 10.1. The fourth-order valence-corrected chi connectivity index (χ4v) is 1.85. The molecule has 0 amide bonds. The van der Waals surface area contributed by atoms with Gasteiger partial charge in [-0.3, -0.25) is 0 Å². The summed E-state index contributed by atoms with van der Waals surface area (Å²) < 4.78 is 5.63. The first-order valence-electron chi connectivity index (χ1n) is 6.81. The number of anilines is 1. The number of rotatable bonds is 9. The summed E-state index contributed by atoms with van der Waals surface area (Å²) in [5, 5.41) is 0. The average molecular weight is 235 g/mol. The molecule has 96 valence electrons. The van der Waals surface area contributed by atoms with Gasteiger partial charge in [-0.05, 0) is 18.6 Å². The molecule has 0 aliphatic carbocycles. The summed E-state index contributed by atoms with van der Waals surface area (Å²) in [6.07, 6.45) is 9.18. The Kier molecular flexibility index (Phi) is 7.28. The lowest BCUT2D eigenvalue weighted by Crippen LogP contribution is -1.97. The van der Waals surface area contributed by atoms with Gasteiger partial charge < -0.3 is 10.5 Å². The number of ether oxygens (including phenoxy) is 1. The quantitative estimate of drug-likeness (QED) is 0.508. The van der Waals surface area contributed by atoms with Gasteiger partial charge in [-0.1, -0.05) is 51.5 Å². The van der Waals surface area contributed by atoms with Crippen LogP contribution < -0.4 is 10.5 Å². The van der Waals surface area contributed by atoms with Crippen molar-refractivity contribution in [1.29, 1.82) is 0 Å². The van der Waals surface area contributed by atoms with Gasteiger partial charge in [0.05, 0.1) is 6.61 Å². The molecule has 0 saturated heterocycles. The summed E-state index contributed by atoms with van der Waals surface area (Å²) in [7, 11) is 0. The Morgan fingerprint density at radius 3 is 2.41 bits per heavy atom. The van der Waals surface area contributed by atoms with Crippen LogP contribution in [-0.2, 0) is 0 Å². The second-order valence-corrected chi connectivity index (χ2v) is 4.54.